The third kappa shape index (κ3) is 3.66. The van der Waals surface area contributed by atoms with Crippen LogP contribution in [-0.4, -0.2) is 36.1 Å². The molecule has 1 fully saturated rings. The molecule has 0 radical (unpaired) electrons. The van der Waals surface area contributed by atoms with Crippen LogP contribution < -0.4 is 9.80 Å². The van der Waals surface area contributed by atoms with Crippen molar-refractivity contribution in [2.24, 2.45) is 5.92 Å². The quantitative estimate of drug-likeness (QED) is 0.723. The van der Waals surface area contributed by atoms with Gasteiger partial charge in [0.25, 0.3) is 0 Å². The molecule has 1 aliphatic carbocycles. The number of anilines is 1. The molecule has 1 saturated heterocycles. The number of piperazine rings is 1. The highest BCUT2D eigenvalue weighted by atomic mass is 32.1. The monoisotopic (exact) mass is 407 g/mol. The molecule has 5 rings (SSSR count). The van der Waals surface area contributed by atoms with Crippen LogP contribution in [0.2, 0.25) is 0 Å². The molecule has 2 aromatic heterocycles. The highest BCUT2D eigenvalue weighted by molar-refractivity contribution is 7.19. The molecule has 3 aromatic rings. The largest absolute Gasteiger partial charge is 0.345 e. The van der Waals surface area contributed by atoms with Gasteiger partial charge < -0.3 is 9.80 Å². The predicted octanol–water partition coefficient (Wildman–Crippen LogP) is 3.34. The van der Waals surface area contributed by atoms with Crippen LogP contribution >= 0.6 is 11.3 Å². The van der Waals surface area contributed by atoms with Gasteiger partial charge in [0.15, 0.2) is 0 Å². The Morgan fingerprint density at radius 2 is 2.00 bits per heavy atom. The number of fused-ring (bicyclic) bond motifs is 3. The Kier molecular flexibility index (Phi) is 5.04. The summed E-state index contributed by atoms with van der Waals surface area (Å²) in [6.07, 6.45) is 5.49. The number of nitrogens with one attached hydrogen (secondary N) is 1. The molecule has 3 heterocycles. The van der Waals surface area contributed by atoms with E-state index in [0.29, 0.717) is 0 Å². The van der Waals surface area contributed by atoms with Crippen molar-refractivity contribution in [2.75, 3.05) is 31.1 Å². The Labute approximate surface area is 177 Å². The van der Waals surface area contributed by atoms with Gasteiger partial charge in [-0.1, -0.05) is 30.7 Å². The van der Waals surface area contributed by atoms with Crippen molar-refractivity contribution in [3.05, 3.63) is 51.7 Å². The van der Waals surface area contributed by atoms with Crippen molar-refractivity contribution in [2.45, 2.75) is 46.6 Å². The Morgan fingerprint density at radius 1 is 1.17 bits per heavy atom. The van der Waals surface area contributed by atoms with Crippen LogP contribution in [-0.2, 0) is 19.4 Å². The van der Waals surface area contributed by atoms with Crippen LogP contribution in [0.1, 0.15) is 40.5 Å². The lowest BCUT2D eigenvalue weighted by Gasteiger charge is -2.33. The van der Waals surface area contributed by atoms with Gasteiger partial charge in [0.2, 0.25) is 0 Å². The fraction of sp³-hybridized carbons (Fsp3) is 0.500. The van der Waals surface area contributed by atoms with E-state index in [1.54, 1.807) is 21.7 Å². The topological polar surface area (TPSA) is 33.5 Å². The van der Waals surface area contributed by atoms with E-state index >= 15 is 0 Å². The van der Waals surface area contributed by atoms with Gasteiger partial charge in [-0.15, -0.1) is 11.3 Å². The van der Waals surface area contributed by atoms with E-state index < -0.39 is 0 Å². The standard InChI is InChI=1S/C24H30N4S/c1-16-4-6-19(18(3)12-16)14-27-8-10-28(11-9-27)23-22-20-13-17(2)5-7-21(20)29-24(22)26-15-25-23/h4,6,12,15,17H,5,7-11,13-14H2,1-3H3/p+1/t17-/m1/s1. The zero-order valence-electron chi connectivity index (χ0n) is 17.8. The summed E-state index contributed by atoms with van der Waals surface area (Å²) in [6, 6.07) is 6.87. The first-order chi connectivity index (χ1) is 14.1. The molecule has 0 saturated carbocycles. The van der Waals surface area contributed by atoms with E-state index in [1.165, 1.54) is 65.1 Å². The molecule has 0 spiro atoms. The summed E-state index contributed by atoms with van der Waals surface area (Å²) in [7, 11) is 0. The average Bonchev–Trinajstić information content (AvgIpc) is 3.09. The number of nitrogens with zero attached hydrogens (tertiary/aromatic N) is 3. The maximum absolute atomic E-state index is 4.78. The van der Waals surface area contributed by atoms with Crippen molar-refractivity contribution in [3.63, 3.8) is 0 Å². The second kappa shape index (κ2) is 7.69. The number of aromatic nitrogens is 2. The number of hydrogen-bond donors (Lipinski definition) is 1. The first-order valence-electron chi connectivity index (χ1n) is 11.0. The first kappa shape index (κ1) is 19.0. The van der Waals surface area contributed by atoms with Gasteiger partial charge in [0.1, 0.15) is 23.5 Å². The molecule has 1 N–H and O–H groups in total. The predicted molar refractivity (Wildman–Crippen MR) is 121 cm³/mol. The van der Waals surface area contributed by atoms with Crippen LogP contribution in [0.25, 0.3) is 10.2 Å². The Bertz CT molecular complexity index is 1030. The molecule has 4 nitrogen and oxygen atoms in total. The number of benzene rings is 1. The lowest BCUT2D eigenvalue weighted by atomic mass is 9.88. The highest BCUT2D eigenvalue weighted by Crippen LogP contribution is 2.40. The number of rotatable bonds is 3. The van der Waals surface area contributed by atoms with E-state index in [9.17, 15) is 0 Å². The molecule has 2 aliphatic rings. The minimum atomic E-state index is 0.771. The van der Waals surface area contributed by atoms with Crippen LogP contribution in [0.4, 0.5) is 5.82 Å². The van der Waals surface area contributed by atoms with Crippen LogP contribution in [0.3, 0.4) is 0 Å². The van der Waals surface area contributed by atoms with E-state index in [4.69, 9.17) is 4.98 Å². The summed E-state index contributed by atoms with van der Waals surface area (Å²) < 4.78 is 0. The Morgan fingerprint density at radius 3 is 2.79 bits per heavy atom. The molecular formula is C24H31N4S+. The summed E-state index contributed by atoms with van der Waals surface area (Å²) in [5.74, 6) is 1.96. The zero-order chi connectivity index (χ0) is 20.0. The van der Waals surface area contributed by atoms with Crippen molar-refractivity contribution < 1.29 is 4.90 Å². The van der Waals surface area contributed by atoms with Gasteiger partial charge in [-0.3, -0.25) is 0 Å². The highest BCUT2D eigenvalue weighted by Gasteiger charge is 2.27. The van der Waals surface area contributed by atoms with E-state index in [0.717, 1.165) is 25.6 Å². The average molecular weight is 408 g/mol. The Hall–Kier alpha value is -1.98. The first-order valence-corrected chi connectivity index (χ1v) is 11.8. The van der Waals surface area contributed by atoms with Gasteiger partial charge in [-0.2, -0.15) is 0 Å². The normalized spacial score (nSPS) is 20.2. The van der Waals surface area contributed by atoms with Crippen molar-refractivity contribution in [3.8, 4) is 0 Å². The van der Waals surface area contributed by atoms with Crippen LogP contribution in [0.15, 0.2) is 24.5 Å². The number of aryl methyl sites for hydroxylation is 3. The molecule has 152 valence electrons. The van der Waals surface area contributed by atoms with Crippen molar-refractivity contribution >= 4 is 27.4 Å². The van der Waals surface area contributed by atoms with Crippen LogP contribution in [0, 0.1) is 19.8 Å². The second-order valence-corrected chi connectivity index (χ2v) is 10.2. The van der Waals surface area contributed by atoms with Gasteiger partial charge in [0, 0.05) is 10.4 Å². The number of thiophene rings is 1. The zero-order valence-corrected chi connectivity index (χ0v) is 18.6. The third-order valence-electron chi connectivity index (χ3n) is 6.78. The molecule has 29 heavy (non-hydrogen) atoms. The third-order valence-corrected chi connectivity index (χ3v) is 7.98. The SMILES string of the molecule is Cc1ccc(C[NH+]2CCN(c3ncnc4sc5c(c34)C[C@H](C)CC5)CC2)c(C)c1. The van der Waals surface area contributed by atoms with Gasteiger partial charge >= 0.3 is 0 Å². The molecule has 0 amide bonds. The van der Waals surface area contributed by atoms with E-state index in [1.807, 2.05) is 11.3 Å². The lowest BCUT2D eigenvalue weighted by molar-refractivity contribution is -0.914. The molecule has 1 aromatic carbocycles. The van der Waals surface area contributed by atoms with Crippen molar-refractivity contribution in [1.29, 1.82) is 0 Å². The molecule has 5 heteroatoms. The smallest absolute Gasteiger partial charge is 0.141 e. The Balaban J connectivity index is 1.34. The maximum Gasteiger partial charge on any atom is 0.141 e. The summed E-state index contributed by atoms with van der Waals surface area (Å²) >= 11 is 1.90. The lowest BCUT2D eigenvalue weighted by Crippen LogP contribution is -3.13. The van der Waals surface area contributed by atoms with Gasteiger partial charge in [0.05, 0.1) is 31.6 Å². The maximum atomic E-state index is 4.78. The molecule has 0 bridgehead atoms. The van der Waals surface area contributed by atoms with Gasteiger partial charge in [-0.25, -0.2) is 9.97 Å². The minimum Gasteiger partial charge on any atom is -0.345 e. The van der Waals surface area contributed by atoms with Gasteiger partial charge in [-0.05, 0) is 50.2 Å². The molecule has 0 unspecified atom stereocenters. The summed E-state index contributed by atoms with van der Waals surface area (Å²) in [4.78, 5) is 16.4. The van der Waals surface area contributed by atoms with Crippen LogP contribution in [0.5, 0.6) is 0 Å². The minimum absolute atomic E-state index is 0.771. The number of quaternary nitrogens is 1. The molecular weight excluding hydrogens is 376 g/mol. The second-order valence-electron chi connectivity index (χ2n) is 9.07. The molecule has 1 aliphatic heterocycles. The summed E-state index contributed by atoms with van der Waals surface area (Å²) in [6.45, 7) is 12.4. The summed E-state index contributed by atoms with van der Waals surface area (Å²) in [5, 5.41) is 1.36. The van der Waals surface area contributed by atoms with Crippen molar-refractivity contribution in [1.82, 2.24) is 9.97 Å². The summed E-state index contributed by atoms with van der Waals surface area (Å²) in [5.41, 5.74) is 5.82. The fourth-order valence-corrected chi connectivity index (χ4v) is 6.21. The number of hydrogen-bond acceptors (Lipinski definition) is 4. The van der Waals surface area contributed by atoms with E-state index in [-0.39, 0.29) is 0 Å². The fourth-order valence-electron chi connectivity index (χ4n) is 5.03. The van der Waals surface area contributed by atoms with E-state index in [2.05, 4.69) is 48.9 Å². The molecule has 1 atom stereocenters.